The lowest BCUT2D eigenvalue weighted by Gasteiger charge is -2.35. The standard InChI is InChI=1S/C21H30O2/c1-16-9-7-8-12-21(14-16,15-19(22)23)18-11-6-5-10-17(13-18)20(2,3)4/h6,10-11,13,16H,7-9,12,14-15H2,1-4H3,(H,22,23). The molecule has 0 aliphatic heterocycles. The van der Waals surface area contributed by atoms with E-state index in [1.807, 2.05) is 12.2 Å². The molecule has 23 heavy (non-hydrogen) atoms. The van der Waals surface area contributed by atoms with Crippen LogP contribution in [0.3, 0.4) is 0 Å². The van der Waals surface area contributed by atoms with Gasteiger partial charge >= 0.3 is 5.97 Å². The highest BCUT2D eigenvalue weighted by molar-refractivity contribution is 5.69. The van der Waals surface area contributed by atoms with Crippen molar-refractivity contribution in [2.45, 2.75) is 66.2 Å². The maximum Gasteiger partial charge on any atom is 0.304 e. The molecular formula is C21H30O2. The molecule has 2 aliphatic carbocycles. The summed E-state index contributed by atoms with van der Waals surface area (Å²) in [6.45, 7) is 8.85. The van der Waals surface area contributed by atoms with Gasteiger partial charge in [0.1, 0.15) is 0 Å². The summed E-state index contributed by atoms with van der Waals surface area (Å²) in [4.78, 5) is 11.6. The average molecular weight is 314 g/mol. The molecule has 0 aromatic heterocycles. The summed E-state index contributed by atoms with van der Waals surface area (Å²) in [5.74, 6) is -0.115. The Hall–Kier alpha value is -1.53. The minimum atomic E-state index is -0.688. The molecule has 2 atom stereocenters. The maximum atomic E-state index is 11.6. The molecule has 2 unspecified atom stereocenters. The van der Waals surface area contributed by atoms with Gasteiger partial charge in [-0.1, -0.05) is 59.1 Å². The number of aliphatic carboxylic acids is 1. The minimum absolute atomic E-state index is 0.0328. The van der Waals surface area contributed by atoms with Crippen molar-refractivity contribution in [1.29, 1.82) is 0 Å². The first kappa shape index (κ1) is 17.8. The van der Waals surface area contributed by atoms with Crippen LogP contribution in [0.15, 0.2) is 41.2 Å². The fourth-order valence-electron chi connectivity index (χ4n) is 3.94. The summed E-state index contributed by atoms with van der Waals surface area (Å²) in [5, 5.41) is 9.55. The van der Waals surface area contributed by atoms with E-state index >= 15 is 0 Å². The van der Waals surface area contributed by atoms with Crippen LogP contribution in [0.5, 0.6) is 0 Å². The van der Waals surface area contributed by atoms with Crippen molar-refractivity contribution in [3.8, 4) is 0 Å². The van der Waals surface area contributed by atoms with Gasteiger partial charge < -0.3 is 5.11 Å². The molecule has 0 aromatic carbocycles. The first-order valence-corrected chi connectivity index (χ1v) is 8.80. The molecule has 1 saturated carbocycles. The van der Waals surface area contributed by atoms with Crippen LogP contribution in [-0.2, 0) is 4.79 Å². The van der Waals surface area contributed by atoms with E-state index < -0.39 is 5.97 Å². The first-order valence-electron chi connectivity index (χ1n) is 8.80. The summed E-state index contributed by atoms with van der Waals surface area (Å²) < 4.78 is 0. The van der Waals surface area contributed by atoms with Gasteiger partial charge in [0.15, 0.2) is 0 Å². The number of hydrogen-bond acceptors (Lipinski definition) is 1. The fraction of sp³-hybridized carbons (Fsp3) is 0.619. The van der Waals surface area contributed by atoms with E-state index in [1.165, 1.54) is 24.0 Å². The Kier molecular flexibility index (Phi) is 5.37. The van der Waals surface area contributed by atoms with Crippen LogP contribution in [-0.4, -0.2) is 11.1 Å². The van der Waals surface area contributed by atoms with Crippen LogP contribution in [0.25, 0.3) is 0 Å². The smallest absolute Gasteiger partial charge is 0.304 e. The van der Waals surface area contributed by atoms with Gasteiger partial charge in [0, 0.05) is 5.41 Å². The predicted molar refractivity (Wildman–Crippen MR) is 95.2 cm³/mol. The summed E-state index contributed by atoms with van der Waals surface area (Å²) in [6.07, 6.45) is 14.0. The monoisotopic (exact) mass is 314 g/mol. The Balaban J connectivity index is 2.48. The summed E-state index contributed by atoms with van der Waals surface area (Å²) in [6, 6.07) is 0. The highest BCUT2D eigenvalue weighted by Gasteiger charge is 2.38. The first-order chi connectivity index (χ1) is 10.7. The molecule has 1 fully saturated rings. The van der Waals surface area contributed by atoms with Crippen molar-refractivity contribution in [3.63, 3.8) is 0 Å². The van der Waals surface area contributed by atoms with Crippen LogP contribution >= 0.6 is 0 Å². The van der Waals surface area contributed by atoms with Crippen molar-refractivity contribution in [3.05, 3.63) is 41.2 Å². The number of carboxylic acid groups (broad SMARTS) is 1. The van der Waals surface area contributed by atoms with Crippen molar-refractivity contribution < 1.29 is 9.90 Å². The van der Waals surface area contributed by atoms with E-state index in [9.17, 15) is 9.90 Å². The third-order valence-corrected chi connectivity index (χ3v) is 5.22. The minimum Gasteiger partial charge on any atom is -0.481 e. The molecule has 2 nitrogen and oxygen atoms in total. The van der Waals surface area contributed by atoms with Crippen LogP contribution in [0, 0.1) is 16.7 Å². The second kappa shape index (κ2) is 6.93. The number of carboxylic acids is 1. The van der Waals surface area contributed by atoms with E-state index in [0.717, 1.165) is 19.3 Å². The van der Waals surface area contributed by atoms with Crippen LogP contribution < -0.4 is 0 Å². The highest BCUT2D eigenvalue weighted by Crippen LogP contribution is 2.48. The lowest BCUT2D eigenvalue weighted by Crippen LogP contribution is -2.28. The normalized spacial score (nSPS) is 28.6. The number of carbonyl (C=O) groups is 1. The Morgan fingerprint density at radius 1 is 1.39 bits per heavy atom. The van der Waals surface area contributed by atoms with E-state index in [2.05, 4.69) is 45.6 Å². The van der Waals surface area contributed by atoms with Crippen molar-refractivity contribution in [2.75, 3.05) is 0 Å². The van der Waals surface area contributed by atoms with Crippen molar-refractivity contribution in [2.24, 2.45) is 16.7 Å². The predicted octanol–water partition coefficient (Wildman–Crippen LogP) is 5.67. The number of allylic oxidation sites excluding steroid dienone is 5. The van der Waals surface area contributed by atoms with Crippen LogP contribution in [0.2, 0.25) is 0 Å². The molecule has 2 rings (SSSR count). The molecule has 0 saturated heterocycles. The van der Waals surface area contributed by atoms with Crippen LogP contribution in [0.1, 0.15) is 66.2 Å². The maximum absolute atomic E-state index is 11.6. The molecule has 0 spiro atoms. The van der Waals surface area contributed by atoms with Gasteiger partial charge in [-0.2, -0.15) is 0 Å². The van der Waals surface area contributed by atoms with E-state index in [0.29, 0.717) is 5.92 Å². The number of rotatable bonds is 3. The van der Waals surface area contributed by atoms with Gasteiger partial charge in [-0.3, -0.25) is 4.79 Å². The SMILES string of the molecule is CC1CCCCC(CC(=O)O)(C2=CC=C=CC(C(C)(C)C)=C2)C1. The quantitative estimate of drug-likeness (QED) is 0.538. The van der Waals surface area contributed by atoms with E-state index in [4.69, 9.17) is 0 Å². The molecule has 0 heterocycles. The third-order valence-electron chi connectivity index (χ3n) is 5.22. The lowest BCUT2D eigenvalue weighted by molar-refractivity contribution is -0.139. The summed E-state index contributed by atoms with van der Waals surface area (Å²) >= 11 is 0. The topological polar surface area (TPSA) is 37.3 Å². The largest absolute Gasteiger partial charge is 0.481 e. The molecule has 126 valence electrons. The van der Waals surface area contributed by atoms with Gasteiger partial charge in [-0.05, 0) is 47.5 Å². The van der Waals surface area contributed by atoms with Gasteiger partial charge in [0.2, 0.25) is 0 Å². The van der Waals surface area contributed by atoms with E-state index in [1.54, 1.807) is 0 Å². The molecule has 0 amide bonds. The third kappa shape index (κ3) is 4.48. The second-order valence-electron chi connectivity index (χ2n) is 8.36. The molecule has 0 radical (unpaired) electrons. The number of hydrogen-bond donors (Lipinski definition) is 1. The highest BCUT2D eigenvalue weighted by atomic mass is 16.4. The second-order valence-corrected chi connectivity index (χ2v) is 8.36. The Bertz CT molecular complexity index is 579. The zero-order valence-corrected chi connectivity index (χ0v) is 15.0. The van der Waals surface area contributed by atoms with Crippen LogP contribution in [0.4, 0.5) is 0 Å². The lowest BCUT2D eigenvalue weighted by atomic mass is 9.68. The van der Waals surface area contributed by atoms with Gasteiger partial charge in [0.05, 0.1) is 6.42 Å². The molecule has 2 aliphatic rings. The summed E-state index contributed by atoms with van der Waals surface area (Å²) in [5.41, 5.74) is 5.42. The van der Waals surface area contributed by atoms with E-state index in [-0.39, 0.29) is 17.3 Å². The van der Waals surface area contributed by atoms with Crippen molar-refractivity contribution >= 4 is 5.97 Å². The zero-order chi connectivity index (χ0) is 17.1. The molecule has 1 N–H and O–H groups in total. The average Bonchev–Trinajstić information content (AvgIpc) is 2.76. The Labute approximate surface area is 140 Å². The zero-order valence-electron chi connectivity index (χ0n) is 15.0. The Morgan fingerprint density at radius 3 is 2.78 bits per heavy atom. The molecule has 2 heteroatoms. The van der Waals surface area contributed by atoms with Gasteiger partial charge in [-0.15, -0.1) is 5.73 Å². The fourth-order valence-corrected chi connectivity index (χ4v) is 3.94. The van der Waals surface area contributed by atoms with Crippen molar-refractivity contribution in [1.82, 2.24) is 0 Å². The molecule has 0 aromatic rings. The summed E-state index contributed by atoms with van der Waals surface area (Å²) in [7, 11) is 0. The molecular weight excluding hydrogens is 284 g/mol. The molecule has 0 bridgehead atoms. The Morgan fingerprint density at radius 2 is 2.13 bits per heavy atom. The van der Waals surface area contributed by atoms with Gasteiger partial charge in [0.25, 0.3) is 0 Å². The van der Waals surface area contributed by atoms with Gasteiger partial charge in [-0.25, -0.2) is 0 Å².